The fourth-order valence-electron chi connectivity index (χ4n) is 3.80. The molecule has 25 heavy (non-hydrogen) atoms. The molecule has 1 atom stereocenters. The van der Waals surface area contributed by atoms with Crippen LogP contribution in [0.5, 0.6) is 0 Å². The first kappa shape index (κ1) is 18.7. The van der Waals surface area contributed by atoms with Gasteiger partial charge in [-0.25, -0.2) is 0 Å². The van der Waals surface area contributed by atoms with E-state index >= 15 is 0 Å². The summed E-state index contributed by atoms with van der Waals surface area (Å²) in [7, 11) is 1.73. The predicted octanol–water partition coefficient (Wildman–Crippen LogP) is 2.36. The Bertz CT molecular complexity index is 545. The lowest BCUT2D eigenvalue weighted by Crippen LogP contribution is -2.55. The average molecular weight is 364 g/mol. The molecule has 0 bridgehead atoms. The second-order valence-corrected chi connectivity index (χ2v) is 7.40. The Hall–Kier alpha value is -1.08. The van der Waals surface area contributed by atoms with Gasteiger partial charge in [-0.2, -0.15) is 0 Å². The molecule has 1 saturated heterocycles. The summed E-state index contributed by atoms with van der Waals surface area (Å²) in [4.78, 5) is 7.67. The number of pyridine rings is 1. The summed E-state index contributed by atoms with van der Waals surface area (Å²) in [5.41, 5.74) is 0.153. The second kappa shape index (κ2) is 9.03. The average Bonchev–Trinajstić information content (AvgIpc) is 3.19. The van der Waals surface area contributed by atoms with Crippen LogP contribution in [0.15, 0.2) is 24.4 Å². The van der Waals surface area contributed by atoms with Crippen LogP contribution in [0, 0.1) is 5.92 Å². The van der Waals surface area contributed by atoms with E-state index in [1.807, 2.05) is 24.4 Å². The number of ether oxygens (including phenoxy) is 2. The van der Waals surface area contributed by atoms with E-state index in [1.54, 1.807) is 7.11 Å². The van der Waals surface area contributed by atoms with Gasteiger partial charge in [-0.05, 0) is 30.9 Å². The number of thiocarbonyl (C=S) groups is 1. The highest BCUT2D eigenvalue weighted by Gasteiger charge is 2.41. The first-order valence-electron chi connectivity index (χ1n) is 9.29. The molecule has 2 aliphatic rings. The van der Waals surface area contributed by atoms with Crippen molar-refractivity contribution < 1.29 is 9.47 Å². The Balaban J connectivity index is 1.77. The van der Waals surface area contributed by atoms with Gasteiger partial charge in [0.25, 0.3) is 0 Å². The van der Waals surface area contributed by atoms with E-state index in [-0.39, 0.29) is 0 Å². The lowest BCUT2D eigenvalue weighted by Gasteiger charge is -2.39. The maximum atomic E-state index is 6.06. The lowest BCUT2D eigenvalue weighted by atomic mass is 9.96. The Kier molecular flexibility index (Phi) is 6.76. The molecule has 2 heterocycles. The van der Waals surface area contributed by atoms with Crippen LogP contribution >= 0.6 is 12.2 Å². The minimum atomic E-state index is -0.716. The van der Waals surface area contributed by atoms with Gasteiger partial charge < -0.3 is 14.8 Å². The van der Waals surface area contributed by atoms with Crippen molar-refractivity contribution in [3.8, 4) is 0 Å². The zero-order valence-corrected chi connectivity index (χ0v) is 15.9. The van der Waals surface area contributed by atoms with Crippen molar-refractivity contribution in [2.24, 2.45) is 5.92 Å². The molecule has 2 fully saturated rings. The monoisotopic (exact) mass is 363 g/mol. The van der Waals surface area contributed by atoms with Crippen LogP contribution < -0.4 is 5.32 Å². The lowest BCUT2D eigenvalue weighted by molar-refractivity contribution is -0.0255. The van der Waals surface area contributed by atoms with E-state index in [2.05, 4.69) is 15.2 Å². The SMILES string of the molecule is COC(CN1CCOCC1)(C(=S)NCC1CCCC1)c1ccccn1. The predicted molar refractivity (Wildman–Crippen MR) is 103 cm³/mol. The molecule has 1 aromatic rings. The zero-order chi connectivity index (χ0) is 17.5. The normalized spacial score (nSPS) is 21.8. The molecule has 0 radical (unpaired) electrons. The van der Waals surface area contributed by atoms with Gasteiger partial charge in [0, 0.05) is 39.5 Å². The van der Waals surface area contributed by atoms with Crippen molar-refractivity contribution in [2.45, 2.75) is 31.3 Å². The summed E-state index contributed by atoms with van der Waals surface area (Å²) in [6, 6.07) is 5.93. The van der Waals surface area contributed by atoms with Crippen molar-refractivity contribution in [1.82, 2.24) is 15.2 Å². The quantitative estimate of drug-likeness (QED) is 0.751. The van der Waals surface area contributed by atoms with Gasteiger partial charge in [0.1, 0.15) is 4.99 Å². The van der Waals surface area contributed by atoms with E-state index in [4.69, 9.17) is 21.7 Å². The zero-order valence-electron chi connectivity index (χ0n) is 15.1. The summed E-state index contributed by atoms with van der Waals surface area (Å²) >= 11 is 5.84. The third-order valence-corrected chi connectivity index (χ3v) is 5.84. The second-order valence-electron chi connectivity index (χ2n) is 7.00. The molecule has 138 valence electrons. The molecule has 1 saturated carbocycles. The Morgan fingerprint density at radius 3 is 2.76 bits per heavy atom. The molecule has 0 amide bonds. The molecule has 1 aliphatic carbocycles. The molecular formula is C19H29N3O2S. The number of methoxy groups -OCH3 is 1. The van der Waals surface area contributed by atoms with Crippen LogP contribution in [0.25, 0.3) is 0 Å². The first-order valence-corrected chi connectivity index (χ1v) is 9.70. The Morgan fingerprint density at radius 2 is 2.12 bits per heavy atom. The number of nitrogens with zero attached hydrogens (tertiary/aromatic N) is 2. The summed E-state index contributed by atoms with van der Waals surface area (Å²) in [6.45, 7) is 4.92. The van der Waals surface area contributed by atoms with Crippen molar-refractivity contribution in [2.75, 3.05) is 46.5 Å². The summed E-state index contributed by atoms with van der Waals surface area (Å²) in [6.07, 6.45) is 7.07. The number of nitrogens with one attached hydrogen (secondary N) is 1. The highest BCUT2D eigenvalue weighted by Crippen LogP contribution is 2.28. The third-order valence-electron chi connectivity index (χ3n) is 5.37. The fraction of sp³-hybridized carbons (Fsp3) is 0.684. The van der Waals surface area contributed by atoms with Crippen LogP contribution in [0.2, 0.25) is 0 Å². The van der Waals surface area contributed by atoms with Crippen molar-refractivity contribution in [3.05, 3.63) is 30.1 Å². The number of morpholine rings is 1. The van der Waals surface area contributed by atoms with Gasteiger partial charge in [0.05, 0.1) is 18.9 Å². The molecule has 0 spiro atoms. The van der Waals surface area contributed by atoms with E-state index in [0.29, 0.717) is 6.54 Å². The van der Waals surface area contributed by atoms with E-state index in [0.717, 1.165) is 49.4 Å². The summed E-state index contributed by atoms with van der Waals surface area (Å²) in [5.74, 6) is 0.722. The van der Waals surface area contributed by atoms with Crippen LogP contribution in [-0.2, 0) is 15.1 Å². The maximum Gasteiger partial charge on any atom is 0.172 e. The van der Waals surface area contributed by atoms with Crippen LogP contribution in [0.4, 0.5) is 0 Å². The van der Waals surface area contributed by atoms with Crippen LogP contribution in [-0.4, -0.2) is 61.4 Å². The smallest absolute Gasteiger partial charge is 0.172 e. The van der Waals surface area contributed by atoms with E-state index < -0.39 is 5.60 Å². The highest BCUT2D eigenvalue weighted by molar-refractivity contribution is 7.80. The van der Waals surface area contributed by atoms with Gasteiger partial charge in [0.15, 0.2) is 5.60 Å². The Morgan fingerprint density at radius 1 is 1.36 bits per heavy atom. The van der Waals surface area contributed by atoms with Crippen LogP contribution in [0.3, 0.4) is 0 Å². The van der Waals surface area contributed by atoms with Crippen LogP contribution in [0.1, 0.15) is 31.4 Å². The molecule has 6 heteroatoms. The molecule has 1 aromatic heterocycles. The minimum absolute atomic E-state index is 0.695. The third kappa shape index (κ3) is 4.56. The molecule has 1 aliphatic heterocycles. The number of hydrogen-bond donors (Lipinski definition) is 1. The maximum absolute atomic E-state index is 6.06. The standard InChI is InChI=1S/C19H29N3O2S/c1-23-19(17-8-4-5-9-20-17,15-22-10-12-24-13-11-22)18(25)21-14-16-6-2-3-7-16/h4-5,8-9,16H,2-3,6-7,10-15H2,1H3,(H,21,25). The summed E-state index contributed by atoms with van der Waals surface area (Å²) < 4.78 is 11.5. The van der Waals surface area contributed by atoms with Gasteiger partial charge in [-0.3, -0.25) is 9.88 Å². The van der Waals surface area contributed by atoms with E-state index in [9.17, 15) is 0 Å². The minimum Gasteiger partial charge on any atom is -0.379 e. The number of rotatable bonds is 7. The molecule has 5 nitrogen and oxygen atoms in total. The topological polar surface area (TPSA) is 46.6 Å². The van der Waals surface area contributed by atoms with Crippen molar-refractivity contribution >= 4 is 17.2 Å². The number of aromatic nitrogens is 1. The van der Waals surface area contributed by atoms with Gasteiger partial charge in [-0.1, -0.05) is 31.1 Å². The van der Waals surface area contributed by atoms with Crippen molar-refractivity contribution in [1.29, 1.82) is 0 Å². The van der Waals surface area contributed by atoms with Gasteiger partial charge in [-0.15, -0.1) is 0 Å². The van der Waals surface area contributed by atoms with Crippen molar-refractivity contribution in [3.63, 3.8) is 0 Å². The molecule has 0 aromatic carbocycles. The first-order chi connectivity index (χ1) is 12.2. The van der Waals surface area contributed by atoms with Gasteiger partial charge >= 0.3 is 0 Å². The highest BCUT2D eigenvalue weighted by atomic mass is 32.1. The molecule has 1 unspecified atom stereocenters. The summed E-state index contributed by atoms with van der Waals surface area (Å²) in [5, 5.41) is 3.51. The molecular weight excluding hydrogens is 334 g/mol. The van der Waals surface area contributed by atoms with E-state index in [1.165, 1.54) is 25.7 Å². The van der Waals surface area contributed by atoms with Gasteiger partial charge in [0.2, 0.25) is 0 Å². The number of hydrogen-bond acceptors (Lipinski definition) is 5. The largest absolute Gasteiger partial charge is 0.379 e. The molecule has 1 N–H and O–H groups in total. The Labute approximate surface area is 156 Å². The fourth-order valence-corrected chi connectivity index (χ4v) is 4.14. The molecule has 3 rings (SSSR count).